The summed E-state index contributed by atoms with van der Waals surface area (Å²) < 4.78 is 26.0. The van der Waals surface area contributed by atoms with Crippen molar-refractivity contribution >= 4 is 11.8 Å². The molecule has 1 heterocycles. The molecule has 1 aliphatic heterocycles. The average molecular weight is 254 g/mol. The molecule has 0 spiro atoms. The second-order valence-corrected chi connectivity index (χ2v) is 4.14. The predicted molar refractivity (Wildman–Crippen MR) is 59.9 cm³/mol. The lowest BCUT2D eigenvalue weighted by atomic mass is 10.1. The third kappa shape index (κ3) is 2.82. The molecule has 6 heteroatoms. The van der Waals surface area contributed by atoms with E-state index in [1.54, 1.807) is 0 Å². The second-order valence-electron chi connectivity index (χ2n) is 4.14. The number of amides is 2. The van der Waals surface area contributed by atoms with Crippen LogP contribution in [0.25, 0.3) is 0 Å². The minimum Gasteiger partial charge on any atom is -0.354 e. The number of halogens is 2. The van der Waals surface area contributed by atoms with Gasteiger partial charge in [-0.3, -0.25) is 9.59 Å². The van der Waals surface area contributed by atoms with E-state index in [1.165, 1.54) is 0 Å². The van der Waals surface area contributed by atoms with Crippen molar-refractivity contribution in [3.05, 3.63) is 35.4 Å². The van der Waals surface area contributed by atoms with Crippen molar-refractivity contribution in [1.29, 1.82) is 0 Å². The molecule has 0 aliphatic carbocycles. The van der Waals surface area contributed by atoms with Crippen LogP contribution in [0.3, 0.4) is 0 Å². The molecule has 4 nitrogen and oxygen atoms in total. The van der Waals surface area contributed by atoms with Gasteiger partial charge in [0.2, 0.25) is 5.91 Å². The number of carbonyl (C=O) groups excluding carboxylic acids is 2. The molecule has 2 amide bonds. The van der Waals surface area contributed by atoms with Crippen LogP contribution in [0.15, 0.2) is 18.2 Å². The average Bonchev–Trinajstić information content (AvgIpc) is 2.32. The van der Waals surface area contributed by atoms with Gasteiger partial charge in [-0.2, -0.15) is 0 Å². The Morgan fingerprint density at radius 2 is 2.17 bits per heavy atom. The molecule has 1 fully saturated rings. The summed E-state index contributed by atoms with van der Waals surface area (Å²) >= 11 is 0. The van der Waals surface area contributed by atoms with Crippen LogP contribution in [-0.4, -0.2) is 24.4 Å². The Hall–Kier alpha value is -1.98. The molecule has 96 valence electrons. The molecular formula is C12H12F2N2O2. The Labute approximate surface area is 102 Å². The van der Waals surface area contributed by atoms with Gasteiger partial charge in [0.25, 0.3) is 5.91 Å². The lowest BCUT2D eigenvalue weighted by Crippen LogP contribution is -2.47. The number of piperidine rings is 1. The van der Waals surface area contributed by atoms with Crippen molar-refractivity contribution in [2.75, 3.05) is 6.54 Å². The lowest BCUT2D eigenvalue weighted by molar-refractivity contribution is -0.122. The maximum atomic E-state index is 13.3. The minimum absolute atomic E-state index is 0.0616. The first-order valence-electron chi connectivity index (χ1n) is 5.59. The fourth-order valence-corrected chi connectivity index (χ4v) is 1.79. The first-order valence-corrected chi connectivity index (χ1v) is 5.59. The zero-order valence-electron chi connectivity index (χ0n) is 9.50. The molecule has 2 rings (SSSR count). The van der Waals surface area contributed by atoms with Gasteiger partial charge in [0.05, 0.1) is 5.56 Å². The van der Waals surface area contributed by atoms with Gasteiger partial charge < -0.3 is 10.6 Å². The van der Waals surface area contributed by atoms with E-state index >= 15 is 0 Å². The van der Waals surface area contributed by atoms with E-state index in [0.717, 1.165) is 12.1 Å². The number of rotatable bonds is 2. The maximum Gasteiger partial charge on any atom is 0.254 e. The van der Waals surface area contributed by atoms with Crippen molar-refractivity contribution in [3.63, 3.8) is 0 Å². The van der Waals surface area contributed by atoms with Crippen LogP contribution in [-0.2, 0) is 4.79 Å². The highest BCUT2D eigenvalue weighted by Gasteiger charge is 2.21. The Morgan fingerprint density at radius 3 is 2.78 bits per heavy atom. The van der Waals surface area contributed by atoms with E-state index < -0.39 is 17.5 Å². The van der Waals surface area contributed by atoms with Gasteiger partial charge in [-0.25, -0.2) is 8.78 Å². The Kier molecular flexibility index (Phi) is 3.55. The zero-order chi connectivity index (χ0) is 13.1. The zero-order valence-corrected chi connectivity index (χ0v) is 9.50. The number of benzene rings is 1. The molecule has 1 aromatic rings. The summed E-state index contributed by atoms with van der Waals surface area (Å²) in [6, 6.07) is 2.57. The minimum atomic E-state index is -0.896. The molecule has 0 bridgehead atoms. The Bertz CT molecular complexity index is 481. The summed E-state index contributed by atoms with van der Waals surface area (Å²) in [6.45, 7) is 0.327. The SMILES string of the molecule is O=C1CCC(NC(=O)c2ccc(F)cc2F)CN1. The summed E-state index contributed by atoms with van der Waals surface area (Å²) in [4.78, 5) is 22.7. The van der Waals surface area contributed by atoms with Crippen LogP contribution >= 0.6 is 0 Å². The molecule has 1 saturated heterocycles. The maximum absolute atomic E-state index is 13.3. The van der Waals surface area contributed by atoms with Crippen molar-refractivity contribution in [2.45, 2.75) is 18.9 Å². The summed E-state index contributed by atoms with van der Waals surface area (Å²) in [7, 11) is 0. The molecule has 1 aromatic carbocycles. The van der Waals surface area contributed by atoms with E-state index in [1.807, 2.05) is 0 Å². The topological polar surface area (TPSA) is 58.2 Å². The fraction of sp³-hybridized carbons (Fsp3) is 0.333. The predicted octanol–water partition coefficient (Wildman–Crippen LogP) is 0.973. The van der Waals surface area contributed by atoms with Crippen LogP contribution in [0, 0.1) is 11.6 Å². The number of hydrogen-bond donors (Lipinski definition) is 2. The van der Waals surface area contributed by atoms with Gasteiger partial charge in [-0.15, -0.1) is 0 Å². The first kappa shape index (κ1) is 12.5. The van der Waals surface area contributed by atoms with E-state index in [4.69, 9.17) is 0 Å². The second kappa shape index (κ2) is 5.12. The van der Waals surface area contributed by atoms with Crippen LogP contribution in [0.1, 0.15) is 23.2 Å². The molecule has 1 aliphatic rings. The van der Waals surface area contributed by atoms with Gasteiger partial charge in [0.1, 0.15) is 11.6 Å². The van der Waals surface area contributed by atoms with Crippen molar-refractivity contribution in [2.24, 2.45) is 0 Å². The van der Waals surface area contributed by atoms with Gasteiger partial charge in [-0.05, 0) is 18.6 Å². The van der Waals surface area contributed by atoms with Crippen molar-refractivity contribution in [1.82, 2.24) is 10.6 Å². The molecule has 2 N–H and O–H groups in total. The highest BCUT2D eigenvalue weighted by atomic mass is 19.1. The summed E-state index contributed by atoms with van der Waals surface area (Å²) in [5.74, 6) is -2.29. The smallest absolute Gasteiger partial charge is 0.254 e. The third-order valence-electron chi connectivity index (χ3n) is 2.78. The van der Waals surface area contributed by atoms with E-state index in [9.17, 15) is 18.4 Å². The lowest BCUT2D eigenvalue weighted by Gasteiger charge is -2.23. The van der Waals surface area contributed by atoms with Crippen molar-refractivity contribution < 1.29 is 18.4 Å². The van der Waals surface area contributed by atoms with Gasteiger partial charge in [-0.1, -0.05) is 0 Å². The van der Waals surface area contributed by atoms with E-state index in [-0.39, 0.29) is 17.5 Å². The Balaban J connectivity index is 2.01. The fourth-order valence-electron chi connectivity index (χ4n) is 1.79. The van der Waals surface area contributed by atoms with Crippen LogP contribution in [0.2, 0.25) is 0 Å². The molecule has 1 unspecified atom stereocenters. The number of carbonyl (C=O) groups is 2. The highest BCUT2D eigenvalue weighted by Crippen LogP contribution is 2.11. The van der Waals surface area contributed by atoms with Crippen LogP contribution < -0.4 is 10.6 Å². The third-order valence-corrected chi connectivity index (χ3v) is 2.78. The van der Waals surface area contributed by atoms with E-state index in [2.05, 4.69) is 10.6 Å². The molecule has 0 saturated carbocycles. The standard InChI is InChI=1S/C12H12F2N2O2/c13-7-1-3-9(10(14)5-7)12(18)16-8-2-4-11(17)15-6-8/h1,3,5,8H,2,4,6H2,(H,15,17)(H,16,18). The van der Waals surface area contributed by atoms with Crippen LogP contribution in [0.4, 0.5) is 8.78 Å². The molecular weight excluding hydrogens is 242 g/mol. The van der Waals surface area contributed by atoms with Crippen molar-refractivity contribution in [3.8, 4) is 0 Å². The largest absolute Gasteiger partial charge is 0.354 e. The molecule has 18 heavy (non-hydrogen) atoms. The normalized spacial score (nSPS) is 19.2. The van der Waals surface area contributed by atoms with Gasteiger partial charge in [0, 0.05) is 25.1 Å². The highest BCUT2D eigenvalue weighted by molar-refractivity contribution is 5.94. The molecule has 1 atom stereocenters. The van der Waals surface area contributed by atoms with Crippen LogP contribution in [0.5, 0.6) is 0 Å². The summed E-state index contributed by atoms with van der Waals surface area (Å²) in [6.07, 6.45) is 0.844. The summed E-state index contributed by atoms with van der Waals surface area (Å²) in [5.41, 5.74) is -0.201. The number of hydrogen-bond acceptors (Lipinski definition) is 2. The molecule has 0 aromatic heterocycles. The quantitative estimate of drug-likeness (QED) is 0.826. The van der Waals surface area contributed by atoms with E-state index in [0.29, 0.717) is 25.5 Å². The monoisotopic (exact) mass is 254 g/mol. The van der Waals surface area contributed by atoms with Gasteiger partial charge in [0.15, 0.2) is 0 Å². The van der Waals surface area contributed by atoms with Gasteiger partial charge >= 0.3 is 0 Å². The summed E-state index contributed by atoms with van der Waals surface area (Å²) in [5, 5.41) is 5.21. The first-order chi connectivity index (χ1) is 8.56. The Morgan fingerprint density at radius 1 is 1.39 bits per heavy atom. The number of nitrogens with one attached hydrogen (secondary N) is 2. The molecule has 0 radical (unpaired) electrons.